The Balaban J connectivity index is 2.17. The highest BCUT2D eigenvalue weighted by molar-refractivity contribution is 7.92. The third-order valence-corrected chi connectivity index (χ3v) is 4.05. The van der Waals surface area contributed by atoms with Gasteiger partial charge >= 0.3 is 0 Å². The molecule has 0 aliphatic heterocycles. The van der Waals surface area contributed by atoms with Crippen molar-refractivity contribution in [2.75, 3.05) is 36.6 Å². The lowest BCUT2D eigenvalue weighted by Gasteiger charge is -2.12. The molecule has 0 atom stereocenters. The molecule has 2 aromatic rings. The smallest absolute Gasteiger partial charge is 0.255 e. The molecular formula is C18H21N3O5S. The van der Waals surface area contributed by atoms with Crippen LogP contribution in [0.1, 0.15) is 20.7 Å². The Hall–Kier alpha value is -2.91. The van der Waals surface area contributed by atoms with Crippen LogP contribution in [0.3, 0.4) is 0 Å². The zero-order valence-corrected chi connectivity index (χ0v) is 15.8. The Morgan fingerprint density at radius 1 is 1.04 bits per heavy atom. The molecule has 0 fully saturated rings. The minimum atomic E-state index is -3.45. The number of benzene rings is 2. The highest BCUT2D eigenvalue weighted by Crippen LogP contribution is 2.18. The van der Waals surface area contributed by atoms with Crippen molar-refractivity contribution in [2.24, 2.45) is 0 Å². The Labute approximate surface area is 158 Å². The Bertz CT molecular complexity index is 928. The molecule has 0 aliphatic rings. The van der Waals surface area contributed by atoms with E-state index in [0.29, 0.717) is 24.4 Å². The normalized spacial score (nSPS) is 10.9. The van der Waals surface area contributed by atoms with Gasteiger partial charge in [-0.05, 0) is 30.3 Å². The molecule has 0 aliphatic carbocycles. The van der Waals surface area contributed by atoms with Gasteiger partial charge in [-0.3, -0.25) is 14.3 Å². The van der Waals surface area contributed by atoms with Crippen molar-refractivity contribution in [3.8, 4) is 0 Å². The monoisotopic (exact) mass is 391 g/mol. The van der Waals surface area contributed by atoms with Gasteiger partial charge in [0, 0.05) is 24.9 Å². The molecule has 27 heavy (non-hydrogen) atoms. The number of sulfonamides is 1. The topological polar surface area (TPSA) is 114 Å². The van der Waals surface area contributed by atoms with Crippen LogP contribution in [-0.2, 0) is 14.8 Å². The number of carbonyl (C=O) groups is 2. The molecule has 0 spiro atoms. The predicted molar refractivity (Wildman–Crippen MR) is 104 cm³/mol. The van der Waals surface area contributed by atoms with E-state index >= 15 is 0 Å². The second kappa shape index (κ2) is 9.15. The molecule has 2 aromatic carbocycles. The quantitative estimate of drug-likeness (QED) is 0.593. The highest BCUT2D eigenvalue weighted by atomic mass is 32.2. The molecule has 0 saturated heterocycles. The van der Waals surface area contributed by atoms with E-state index in [4.69, 9.17) is 4.74 Å². The van der Waals surface area contributed by atoms with Crippen molar-refractivity contribution in [2.45, 2.75) is 0 Å². The molecule has 2 amide bonds. The maximum absolute atomic E-state index is 12.5. The first kappa shape index (κ1) is 20.4. The summed E-state index contributed by atoms with van der Waals surface area (Å²) < 4.78 is 29.9. The van der Waals surface area contributed by atoms with E-state index < -0.39 is 15.9 Å². The van der Waals surface area contributed by atoms with Crippen molar-refractivity contribution >= 4 is 33.2 Å². The van der Waals surface area contributed by atoms with Gasteiger partial charge in [-0.15, -0.1) is 0 Å². The molecule has 8 nitrogen and oxygen atoms in total. The summed E-state index contributed by atoms with van der Waals surface area (Å²) in [5.74, 6) is -0.806. The van der Waals surface area contributed by atoms with Crippen molar-refractivity contribution < 1.29 is 22.7 Å². The molecule has 0 radical (unpaired) electrons. The molecule has 0 heterocycles. The first-order valence-corrected chi connectivity index (χ1v) is 9.94. The first-order valence-electron chi connectivity index (χ1n) is 8.05. The van der Waals surface area contributed by atoms with E-state index in [1.165, 1.54) is 19.2 Å². The summed E-state index contributed by atoms with van der Waals surface area (Å²) in [6.45, 7) is 0.719. The summed E-state index contributed by atoms with van der Waals surface area (Å²) in [6, 6.07) is 12.7. The number of ether oxygens (including phenoxy) is 1. The van der Waals surface area contributed by atoms with Crippen molar-refractivity contribution in [1.82, 2.24) is 5.32 Å². The Morgan fingerprint density at radius 2 is 1.78 bits per heavy atom. The number of amides is 2. The standard InChI is InChI=1S/C18H21N3O5S/c1-26-11-10-19-18(23)15-8-3-4-9-16(15)20-17(22)13-6-5-7-14(12-13)21-27(2,24)25/h3-9,12,21H,10-11H2,1-2H3,(H,19,23)(H,20,22). The number of rotatable bonds is 8. The zero-order valence-electron chi connectivity index (χ0n) is 15.0. The van der Waals surface area contributed by atoms with Crippen LogP contribution >= 0.6 is 0 Å². The van der Waals surface area contributed by atoms with E-state index in [2.05, 4.69) is 15.4 Å². The molecule has 3 N–H and O–H groups in total. The molecule has 0 unspecified atom stereocenters. The predicted octanol–water partition coefficient (Wildman–Crippen LogP) is 1.69. The zero-order chi connectivity index (χ0) is 19.9. The minimum absolute atomic E-state index is 0.248. The van der Waals surface area contributed by atoms with E-state index in [9.17, 15) is 18.0 Å². The third kappa shape index (κ3) is 6.39. The Kier molecular flexibility index (Phi) is 6.91. The molecule has 0 aromatic heterocycles. The van der Waals surface area contributed by atoms with Gasteiger partial charge in [0.25, 0.3) is 11.8 Å². The third-order valence-electron chi connectivity index (χ3n) is 3.44. The molecule has 0 bridgehead atoms. The van der Waals surface area contributed by atoms with E-state index in [1.54, 1.807) is 36.4 Å². The van der Waals surface area contributed by atoms with Crippen LogP contribution < -0.4 is 15.4 Å². The fourth-order valence-corrected chi connectivity index (χ4v) is 2.84. The summed E-state index contributed by atoms with van der Waals surface area (Å²) in [5, 5.41) is 5.38. The van der Waals surface area contributed by atoms with Crippen LogP contribution in [0, 0.1) is 0 Å². The summed E-state index contributed by atoms with van der Waals surface area (Å²) in [5.41, 5.74) is 1.18. The van der Waals surface area contributed by atoms with Crippen LogP contribution in [0.5, 0.6) is 0 Å². The first-order chi connectivity index (χ1) is 12.8. The van der Waals surface area contributed by atoms with Crippen molar-refractivity contribution in [3.63, 3.8) is 0 Å². The fourth-order valence-electron chi connectivity index (χ4n) is 2.28. The van der Waals surface area contributed by atoms with E-state index in [0.717, 1.165) is 6.26 Å². The average Bonchev–Trinajstić information content (AvgIpc) is 2.61. The van der Waals surface area contributed by atoms with Crippen LogP contribution in [-0.4, -0.2) is 46.7 Å². The average molecular weight is 391 g/mol. The second-order valence-corrected chi connectivity index (χ2v) is 7.45. The van der Waals surface area contributed by atoms with Gasteiger partial charge in [0.2, 0.25) is 10.0 Å². The number of carbonyl (C=O) groups excluding carboxylic acids is 2. The maximum Gasteiger partial charge on any atom is 0.255 e. The largest absolute Gasteiger partial charge is 0.383 e. The second-order valence-electron chi connectivity index (χ2n) is 5.70. The van der Waals surface area contributed by atoms with Gasteiger partial charge in [-0.2, -0.15) is 0 Å². The van der Waals surface area contributed by atoms with E-state index in [1.807, 2.05) is 0 Å². The van der Waals surface area contributed by atoms with Crippen LogP contribution in [0.4, 0.5) is 11.4 Å². The lowest BCUT2D eigenvalue weighted by Crippen LogP contribution is -2.28. The summed E-state index contributed by atoms with van der Waals surface area (Å²) >= 11 is 0. The molecule has 2 rings (SSSR count). The van der Waals surface area contributed by atoms with Gasteiger partial charge in [0.05, 0.1) is 24.1 Å². The lowest BCUT2D eigenvalue weighted by atomic mass is 10.1. The highest BCUT2D eigenvalue weighted by Gasteiger charge is 2.14. The van der Waals surface area contributed by atoms with Gasteiger partial charge in [0.1, 0.15) is 0 Å². The number of methoxy groups -OCH3 is 1. The van der Waals surface area contributed by atoms with Gasteiger partial charge < -0.3 is 15.4 Å². The fraction of sp³-hybridized carbons (Fsp3) is 0.222. The molecular weight excluding hydrogens is 370 g/mol. The number of hydrogen-bond acceptors (Lipinski definition) is 5. The summed E-state index contributed by atoms with van der Waals surface area (Å²) in [4.78, 5) is 24.8. The van der Waals surface area contributed by atoms with Crippen molar-refractivity contribution in [1.29, 1.82) is 0 Å². The maximum atomic E-state index is 12.5. The molecule has 9 heteroatoms. The van der Waals surface area contributed by atoms with Crippen LogP contribution in [0.25, 0.3) is 0 Å². The Morgan fingerprint density at radius 3 is 2.48 bits per heavy atom. The van der Waals surface area contributed by atoms with Gasteiger partial charge in [-0.25, -0.2) is 8.42 Å². The van der Waals surface area contributed by atoms with Gasteiger partial charge in [0.15, 0.2) is 0 Å². The number of para-hydroxylation sites is 1. The molecule has 144 valence electrons. The summed E-state index contributed by atoms with van der Waals surface area (Å²) in [7, 11) is -1.92. The SMILES string of the molecule is COCCNC(=O)c1ccccc1NC(=O)c1cccc(NS(C)(=O)=O)c1. The van der Waals surface area contributed by atoms with Crippen LogP contribution in [0.2, 0.25) is 0 Å². The number of hydrogen-bond donors (Lipinski definition) is 3. The molecule has 0 saturated carbocycles. The van der Waals surface area contributed by atoms with E-state index in [-0.39, 0.29) is 17.2 Å². The number of anilines is 2. The van der Waals surface area contributed by atoms with Crippen molar-refractivity contribution in [3.05, 3.63) is 59.7 Å². The summed E-state index contributed by atoms with van der Waals surface area (Å²) in [6.07, 6.45) is 1.03. The lowest BCUT2D eigenvalue weighted by molar-refractivity contribution is 0.0938. The minimum Gasteiger partial charge on any atom is -0.383 e. The van der Waals surface area contributed by atoms with Gasteiger partial charge in [-0.1, -0.05) is 18.2 Å². The van der Waals surface area contributed by atoms with Crippen LogP contribution in [0.15, 0.2) is 48.5 Å². The number of nitrogens with one attached hydrogen (secondary N) is 3.